The van der Waals surface area contributed by atoms with Gasteiger partial charge in [-0.2, -0.15) is 0 Å². The van der Waals surface area contributed by atoms with Crippen molar-refractivity contribution in [1.82, 2.24) is 4.90 Å². The lowest BCUT2D eigenvalue weighted by atomic mass is 10.2. The minimum Gasteiger partial charge on any atom is -0.478 e. The molecule has 0 unspecified atom stereocenters. The molecule has 0 radical (unpaired) electrons. The molecule has 1 amide bonds. The third-order valence-electron chi connectivity index (χ3n) is 3.15. The Kier molecular flexibility index (Phi) is 4.74. The van der Waals surface area contributed by atoms with Crippen molar-refractivity contribution in [3.05, 3.63) is 28.0 Å². The number of rotatable bonds is 3. The van der Waals surface area contributed by atoms with Crippen molar-refractivity contribution in [3.8, 4) is 0 Å². The van der Waals surface area contributed by atoms with Gasteiger partial charge in [0.05, 0.1) is 5.56 Å². The Morgan fingerprint density at radius 1 is 1.21 bits per heavy atom. The maximum atomic E-state index is 12.3. The largest absolute Gasteiger partial charge is 0.478 e. The van der Waals surface area contributed by atoms with Crippen LogP contribution in [0.2, 0.25) is 0 Å². The Morgan fingerprint density at radius 2 is 1.89 bits per heavy atom. The van der Waals surface area contributed by atoms with Gasteiger partial charge in [0.15, 0.2) is 0 Å². The molecule has 1 saturated heterocycles. The monoisotopic (exact) mass is 279 g/mol. The fourth-order valence-corrected chi connectivity index (χ4v) is 2.94. The predicted molar refractivity (Wildman–Crippen MR) is 75.4 cm³/mol. The number of aliphatic carboxylic acids is 1. The highest BCUT2D eigenvalue weighted by atomic mass is 32.1. The summed E-state index contributed by atoms with van der Waals surface area (Å²) in [6, 6.07) is 1.76. The Balaban J connectivity index is 2.04. The van der Waals surface area contributed by atoms with Crippen LogP contribution in [-0.4, -0.2) is 35.0 Å². The molecule has 1 aromatic rings. The summed E-state index contributed by atoms with van der Waals surface area (Å²) in [4.78, 5) is 25.4. The Morgan fingerprint density at radius 3 is 2.53 bits per heavy atom. The van der Waals surface area contributed by atoms with Crippen LogP contribution in [0.1, 0.15) is 40.9 Å². The predicted octanol–water partition coefficient (Wildman–Crippen LogP) is 2.86. The second kappa shape index (κ2) is 6.52. The van der Waals surface area contributed by atoms with Crippen molar-refractivity contribution < 1.29 is 14.7 Å². The molecule has 0 bridgehead atoms. The maximum Gasteiger partial charge on any atom is 0.328 e. The third-order valence-corrected chi connectivity index (χ3v) is 4.05. The highest BCUT2D eigenvalue weighted by Gasteiger charge is 2.18. The van der Waals surface area contributed by atoms with E-state index in [1.807, 2.05) is 4.90 Å². The molecule has 0 atom stereocenters. The van der Waals surface area contributed by atoms with E-state index in [1.165, 1.54) is 30.3 Å². The van der Waals surface area contributed by atoms with Gasteiger partial charge in [0.1, 0.15) is 0 Å². The average Bonchev–Trinajstić information content (AvgIpc) is 2.69. The molecule has 1 aliphatic heterocycles. The SMILES string of the molecule is O=C(O)C=Cc1cc(C(=O)N2CCCCCC2)cs1. The first kappa shape index (κ1) is 13.8. The summed E-state index contributed by atoms with van der Waals surface area (Å²) in [6.45, 7) is 1.66. The molecule has 2 rings (SSSR count). The van der Waals surface area contributed by atoms with Gasteiger partial charge in [-0.05, 0) is 25.0 Å². The van der Waals surface area contributed by atoms with Gasteiger partial charge in [0.25, 0.3) is 5.91 Å². The van der Waals surface area contributed by atoms with E-state index in [0.717, 1.165) is 36.9 Å². The molecule has 0 saturated carbocycles. The number of likely N-dealkylation sites (tertiary alicyclic amines) is 1. The van der Waals surface area contributed by atoms with Gasteiger partial charge in [-0.15, -0.1) is 11.3 Å². The first-order chi connectivity index (χ1) is 9.16. The fourth-order valence-electron chi connectivity index (χ4n) is 2.16. The smallest absolute Gasteiger partial charge is 0.328 e. The van der Waals surface area contributed by atoms with E-state index in [0.29, 0.717) is 5.56 Å². The molecular formula is C14H17NO3S. The van der Waals surface area contributed by atoms with E-state index < -0.39 is 5.97 Å². The lowest BCUT2D eigenvalue weighted by Crippen LogP contribution is -2.31. The molecule has 0 aromatic carbocycles. The molecule has 102 valence electrons. The summed E-state index contributed by atoms with van der Waals surface area (Å²) in [5, 5.41) is 10.4. The Bertz CT molecular complexity index is 485. The number of amides is 1. The van der Waals surface area contributed by atoms with Crippen LogP contribution in [0.25, 0.3) is 6.08 Å². The van der Waals surface area contributed by atoms with Crippen LogP contribution < -0.4 is 0 Å². The summed E-state index contributed by atoms with van der Waals surface area (Å²) < 4.78 is 0. The second-order valence-corrected chi connectivity index (χ2v) is 5.56. The number of carboxylic acid groups (broad SMARTS) is 1. The topological polar surface area (TPSA) is 57.6 Å². The summed E-state index contributed by atoms with van der Waals surface area (Å²) in [5.41, 5.74) is 0.664. The average molecular weight is 279 g/mol. The van der Waals surface area contributed by atoms with Crippen LogP contribution in [-0.2, 0) is 4.79 Å². The molecule has 1 aromatic heterocycles. The first-order valence-corrected chi connectivity index (χ1v) is 7.33. The zero-order valence-electron chi connectivity index (χ0n) is 10.7. The van der Waals surface area contributed by atoms with Crippen LogP contribution in [0.15, 0.2) is 17.5 Å². The van der Waals surface area contributed by atoms with E-state index in [1.54, 1.807) is 11.4 Å². The van der Waals surface area contributed by atoms with E-state index in [4.69, 9.17) is 5.11 Å². The molecule has 19 heavy (non-hydrogen) atoms. The van der Waals surface area contributed by atoms with E-state index in [-0.39, 0.29) is 5.91 Å². The second-order valence-electron chi connectivity index (χ2n) is 4.62. The first-order valence-electron chi connectivity index (χ1n) is 6.45. The number of carbonyl (C=O) groups excluding carboxylic acids is 1. The van der Waals surface area contributed by atoms with Crippen molar-refractivity contribution in [2.24, 2.45) is 0 Å². The number of hydrogen-bond acceptors (Lipinski definition) is 3. The lowest BCUT2D eigenvalue weighted by molar-refractivity contribution is -0.131. The van der Waals surface area contributed by atoms with Crippen LogP contribution in [0.3, 0.4) is 0 Å². The molecule has 4 nitrogen and oxygen atoms in total. The van der Waals surface area contributed by atoms with Gasteiger partial charge in [-0.3, -0.25) is 4.79 Å². The minimum absolute atomic E-state index is 0.0631. The normalized spacial score (nSPS) is 16.5. The fraction of sp³-hybridized carbons (Fsp3) is 0.429. The molecule has 0 aliphatic carbocycles. The van der Waals surface area contributed by atoms with Crippen LogP contribution in [0, 0.1) is 0 Å². The highest BCUT2D eigenvalue weighted by molar-refractivity contribution is 7.11. The molecule has 1 N–H and O–H groups in total. The maximum absolute atomic E-state index is 12.3. The van der Waals surface area contributed by atoms with Crippen molar-refractivity contribution >= 4 is 29.3 Å². The van der Waals surface area contributed by atoms with Gasteiger partial charge < -0.3 is 10.0 Å². The number of hydrogen-bond donors (Lipinski definition) is 1. The van der Waals surface area contributed by atoms with Gasteiger partial charge in [-0.1, -0.05) is 12.8 Å². The van der Waals surface area contributed by atoms with Crippen LogP contribution in [0.4, 0.5) is 0 Å². The Labute approximate surface area is 116 Å². The van der Waals surface area contributed by atoms with E-state index in [9.17, 15) is 9.59 Å². The molecule has 5 heteroatoms. The van der Waals surface area contributed by atoms with Gasteiger partial charge in [-0.25, -0.2) is 4.79 Å². The molecule has 2 heterocycles. The van der Waals surface area contributed by atoms with Gasteiger partial charge >= 0.3 is 5.97 Å². The molecule has 1 fully saturated rings. The lowest BCUT2D eigenvalue weighted by Gasteiger charge is -2.19. The summed E-state index contributed by atoms with van der Waals surface area (Å²) in [5.74, 6) is -0.915. The van der Waals surface area contributed by atoms with E-state index in [2.05, 4.69) is 0 Å². The third kappa shape index (κ3) is 3.92. The highest BCUT2D eigenvalue weighted by Crippen LogP contribution is 2.19. The standard InChI is InChI=1S/C14H17NO3S/c16-13(17)6-5-12-9-11(10-19-12)14(18)15-7-3-1-2-4-8-15/h5-6,9-10H,1-4,7-8H2,(H,16,17). The Hall–Kier alpha value is -1.62. The summed E-state index contributed by atoms with van der Waals surface area (Å²) in [6.07, 6.45) is 7.14. The van der Waals surface area contributed by atoms with Crippen LogP contribution >= 0.6 is 11.3 Å². The number of thiophene rings is 1. The molecular weight excluding hydrogens is 262 g/mol. The van der Waals surface area contributed by atoms with E-state index >= 15 is 0 Å². The van der Waals surface area contributed by atoms with Crippen LogP contribution in [0.5, 0.6) is 0 Å². The van der Waals surface area contributed by atoms with Gasteiger partial charge in [0, 0.05) is 29.4 Å². The summed E-state index contributed by atoms with van der Waals surface area (Å²) >= 11 is 1.39. The van der Waals surface area contributed by atoms with Crippen molar-refractivity contribution in [2.45, 2.75) is 25.7 Å². The molecule has 1 aliphatic rings. The number of carbonyl (C=O) groups is 2. The minimum atomic E-state index is -0.978. The van der Waals surface area contributed by atoms with Gasteiger partial charge in [0.2, 0.25) is 0 Å². The quantitative estimate of drug-likeness (QED) is 0.866. The molecule has 0 spiro atoms. The zero-order chi connectivity index (χ0) is 13.7. The zero-order valence-corrected chi connectivity index (χ0v) is 11.5. The number of carboxylic acids is 1. The number of nitrogens with zero attached hydrogens (tertiary/aromatic N) is 1. The van der Waals surface area contributed by atoms with Crippen molar-refractivity contribution in [1.29, 1.82) is 0 Å². The van der Waals surface area contributed by atoms with Crippen molar-refractivity contribution in [2.75, 3.05) is 13.1 Å². The summed E-state index contributed by atoms with van der Waals surface area (Å²) in [7, 11) is 0. The van der Waals surface area contributed by atoms with Crippen molar-refractivity contribution in [3.63, 3.8) is 0 Å².